The molecule has 0 saturated carbocycles. The largest absolute Gasteiger partial charge is 0.309 e. The summed E-state index contributed by atoms with van der Waals surface area (Å²) in [6.07, 6.45) is 0. The maximum atomic E-state index is 5.52. The standard InChI is InChI=1S/C53H36N4/c1-53(2)42-20-10-6-18-39(42)49-43(53)30-31-47-50(49)41-29-28-36(56-45-22-12-8-16-37(45)38-17-9-13-23-46(38)56)32-48(41)57(47)52-54-44-21-11-7-19-40(44)51(55-52)35-26-24-34(25-27-35)33-14-4-3-5-15-33/h3-32H,1-2H3. The number of rotatable bonds is 4. The SMILES string of the molecule is CC1(C)c2ccccc2-c2c1ccc1c2c2ccc(-n3c4ccccc4c4ccccc43)cc2n1-c1nc(-c2ccc(-c3ccccc3)cc2)c2ccccc2n1. The zero-order valence-corrected chi connectivity index (χ0v) is 31.6. The van der Waals surface area contributed by atoms with E-state index in [2.05, 4.69) is 205 Å². The Bertz CT molecular complexity index is 3370. The van der Waals surface area contributed by atoms with Crippen LogP contribution in [0.1, 0.15) is 25.0 Å². The van der Waals surface area contributed by atoms with Gasteiger partial charge in [-0.2, -0.15) is 0 Å². The summed E-state index contributed by atoms with van der Waals surface area (Å²) in [5.41, 5.74) is 16.0. The van der Waals surface area contributed by atoms with Gasteiger partial charge in [0.25, 0.3) is 0 Å². The normalized spacial score (nSPS) is 13.2. The fourth-order valence-electron chi connectivity index (χ4n) is 9.68. The van der Waals surface area contributed by atoms with Crippen molar-refractivity contribution in [1.82, 2.24) is 19.1 Å². The molecule has 0 atom stereocenters. The van der Waals surface area contributed by atoms with Crippen molar-refractivity contribution >= 4 is 54.5 Å². The van der Waals surface area contributed by atoms with Gasteiger partial charge in [-0.05, 0) is 69.8 Å². The number of nitrogens with zero attached hydrogens (tertiary/aromatic N) is 4. The molecule has 0 unspecified atom stereocenters. The number of hydrogen-bond acceptors (Lipinski definition) is 2. The van der Waals surface area contributed by atoms with E-state index in [1.807, 2.05) is 0 Å². The highest BCUT2D eigenvalue weighted by molar-refractivity contribution is 6.18. The Hall–Kier alpha value is -7.30. The van der Waals surface area contributed by atoms with Crippen LogP contribution >= 0.6 is 0 Å². The lowest BCUT2D eigenvalue weighted by atomic mass is 9.82. The van der Waals surface area contributed by atoms with Crippen molar-refractivity contribution in [1.29, 1.82) is 0 Å². The topological polar surface area (TPSA) is 35.6 Å². The highest BCUT2D eigenvalue weighted by atomic mass is 15.2. The first-order valence-electron chi connectivity index (χ1n) is 19.7. The summed E-state index contributed by atoms with van der Waals surface area (Å²) in [5, 5.41) is 5.93. The summed E-state index contributed by atoms with van der Waals surface area (Å²) < 4.78 is 4.71. The second-order valence-corrected chi connectivity index (χ2v) is 15.8. The molecule has 0 aliphatic heterocycles. The monoisotopic (exact) mass is 728 g/mol. The third-order valence-corrected chi connectivity index (χ3v) is 12.4. The summed E-state index contributed by atoms with van der Waals surface area (Å²) >= 11 is 0. The van der Waals surface area contributed by atoms with Crippen LogP contribution in [0.25, 0.3) is 99.7 Å². The van der Waals surface area contributed by atoms with E-state index in [4.69, 9.17) is 9.97 Å². The van der Waals surface area contributed by atoms with E-state index in [-0.39, 0.29) is 5.41 Å². The van der Waals surface area contributed by atoms with Gasteiger partial charge in [0.2, 0.25) is 5.95 Å². The van der Waals surface area contributed by atoms with Gasteiger partial charge in [0, 0.05) is 43.6 Å². The Morgan fingerprint density at radius 2 is 1.05 bits per heavy atom. The third kappa shape index (κ3) is 4.55. The van der Waals surface area contributed by atoms with Gasteiger partial charge in [0.05, 0.1) is 33.3 Å². The highest BCUT2D eigenvalue weighted by Crippen LogP contribution is 2.53. The zero-order valence-electron chi connectivity index (χ0n) is 31.6. The molecule has 1 aliphatic carbocycles. The molecule has 268 valence electrons. The van der Waals surface area contributed by atoms with E-state index in [1.54, 1.807) is 0 Å². The molecule has 0 amide bonds. The van der Waals surface area contributed by atoms with Crippen molar-refractivity contribution in [2.75, 3.05) is 0 Å². The summed E-state index contributed by atoms with van der Waals surface area (Å²) in [6.45, 7) is 4.70. The lowest BCUT2D eigenvalue weighted by Crippen LogP contribution is -2.14. The zero-order chi connectivity index (χ0) is 37.8. The molecule has 4 nitrogen and oxygen atoms in total. The van der Waals surface area contributed by atoms with Crippen molar-refractivity contribution in [3.05, 3.63) is 193 Å². The van der Waals surface area contributed by atoms with Gasteiger partial charge in [-0.15, -0.1) is 0 Å². The molecule has 0 saturated heterocycles. The van der Waals surface area contributed by atoms with Gasteiger partial charge in [-0.3, -0.25) is 4.57 Å². The predicted molar refractivity (Wildman–Crippen MR) is 237 cm³/mol. The lowest BCUT2D eigenvalue weighted by Gasteiger charge is -2.21. The van der Waals surface area contributed by atoms with Crippen LogP contribution in [-0.2, 0) is 5.41 Å². The highest BCUT2D eigenvalue weighted by Gasteiger charge is 2.37. The van der Waals surface area contributed by atoms with Crippen molar-refractivity contribution in [3.63, 3.8) is 0 Å². The third-order valence-electron chi connectivity index (χ3n) is 12.4. The Morgan fingerprint density at radius 1 is 0.421 bits per heavy atom. The van der Waals surface area contributed by atoms with Gasteiger partial charge < -0.3 is 4.57 Å². The van der Waals surface area contributed by atoms with Crippen molar-refractivity contribution in [2.45, 2.75) is 19.3 Å². The molecule has 57 heavy (non-hydrogen) atoms. The fourth-order valence-corrected chi connectivity index (χ4v) is 9.68. The number of fused-ring (bicyclic) bond motifs is 11. The minimum atomic E-state index is -0.129. The molecule has 0 spiro atoms. The molecule has 1 aliphatic rings. The second kappa shape index (κ2) is 11.8. The summed E-state index contributed by atoms with van der Waals surface area (Å²) in [6, 6.07) is 65.6. The molecule has 3 heterocycles. The van der Waals surface area contributed by atoms with E-state index in [0.29, 0.717) is 5.95 Å². The van der Waals surface area contributed by atoms with E-state index in [0.717, 1.165) is 38.9 Å². The number of hydrogen-bond donors (Lipinski definition) is 0. The Labute approximate surface area is 329 Å². The predicted octanol–water partition coefficient (Wildman–Crippen LogP) is 13.5. The molecule has 3 aromatic heterocycles. The van der Waals surface area contributed by atoms with E-state index in [9.17, 15) is 0 Å². The molecule has 12 rings (SSSR count). The molecule has 0 bridgehead atoms. The van der Waals surface area contributed by atoms with Crippen LogP contribution in [0.2, 0.25) is 0 Å². The molecule has 0 N–H and O–H groups in total. The summed E-state index contributed by atoms with van der Waals surface area (Å²) in [5.74, 6) is 0.653. The van der Waals surface area contributed by atoms with Crippen molar-refractivity contribution in [3.8, 4) is 45.1 Å². The average Bonchev–Trinajstić information content (AvgIpc) is 3.86. The van der Waals surface area contributed by atoms with Crippen molar-refractivity contribution < 1.29 is 0 Å². The summed E-state index contributed by atoms with van der Waals surface area (Å²) in [4.78, 5) is 10.9. The smallest absolute Gasteiger partial charge is 0.235 e. The maximum absolute atomic E-state index is 5.52. The molecule has 8 aromatic carbocycles. The minimum Gasteiger partial charge on any atom is -0.309 e. The Kier molecular flexibility index (Phi) is 6.65. The van der Waals surface area contributed by atoms with E-state index >= 15 is 0 Å². The Balaban J connectivity index is 1.17. The first-order chi connectivity index (χ1) is 28.0. The van der Waals surface area contributed by atoms with Gasteiger partial charge in [0.1, 0.15) is 0 Å². The molecule has 0 fully saturated rings. The molecule has 0 radical (unpaired) electrons. The number of para-hydroxylation sites is 3. The van der Waals surface area contributed by atoms with Crippen molar-refractivity contribution in [2.24, 2.45) is 0 Å². The minimum absolute atomic E-state index is 0.129. The van der Waals surface area contributed by atoms with Crippen LogP contribution in [0.5, 0.6) is 0 Å². The van der Waals surface area contributed by atoms with Crippen LogP contribution in [0, 0.1) is 0 Å². The van der Waals surface area contributed by atoms with Crippen LogP contribution in [0.3, 0.4) is 0 Å². The molecule has 11 aromatic rings. The number of benzene rings is 8. The quantitative estimate of drug-likeness (QED) is 0.181. The maximum Gasteiger partial charge on any atom is 0.235 e. The molecular formula is C53H36N4. The fraction of sp³-hybridized carbons (Fsp3) is 0.0566. The van der Waals surface area contributed by atoms with Crippen LogP contribution in [0.4, 0.5) is 0 Å². The van der Waals surface area contributed by atoms with Crippen LogP contribution < -0.4 is 0 Å². The lowest BCUT2D eigenvalue weighted by molar-refractivity contribution is 0.661. The van der Waals surface area contributed by atoms with E-state index < -0.39 is 0 Å². The number of aromatic nitrogens is 4. The van der Waals surface area contributed by atoms with Crippen LogP contribution in [0.15, 0.2) is 182 Å². The van der Waals surface area contributed by atoms with Gasteiger partial charge in [0.15, 0.2) is 0 Å². The van der Waals surface area contributed by atoms with E-state index in [1.165, 1.54) is 66.0 Å². The Morgan fingerprint density at radius 3 is 1.82 bits per heavy atom. The van der Waals surface area contributed by atoms with Gasteiger partial charge in [-0.1, -0.05) is 159 Å². The second-order valence-electron chi connectivity index (χ2n) is 15.8. The summed E-state index contributed by atoms with van der Waals surface area (Å²) in [7, 11) is 0. The van der Waals surface area contributed by atoms with Gasteiger partial charge in [-0.25, -0.2) is 9.97 Å². The first kappa shape index (κ1) is 32.0. The molecule has 4 heteroatoms. The van der Waals surface area contributed by atoms with Gasteiger partial charge >= 0.3 is 0 Å². The average molecular weight is 729 g/mol. The van der Waals surface area contributed by atoms with Crippen LogP contribution in [-0.4, -0.2) is 19.1 Å². The molecular weight excluding hydrogens is 693 g/mol. The first-order valence-corrected chi connectivity index (χ1v) is 19.7.